The van der Waals surface area contributed by atoms with E-state index in [9.17, 15) is 15.0 Å². The summed E-state index contributed by atoms with van der Waals surface area (Å²) >= 11 is 0. The predicted octanol–water partition coefficient (Wildman–Crippen LogP) is 1.22. The summed E-state index contributed by atoms with van der Waals surface area (Å²) in [4.78, 5) is 16.5. The minimum Gasteiger partial charge on any atom is -0.497 e. The van der Waals surface area contributed by atoms with Gasteiger partial charge in [0.25, 0.3) is 0 Å². The summed E-state index contributed by atoms with van der Waals surface area (Å²) in [5.74, 6) is 0.120. The molecule has 0 radical (unpaired) electrons. The second-order valence-electron chi connectivity index (χ2n) is 5.12. The quantitative estimate of drug-likeness (QED) is 0.355. The zero-order valence-electron chi connectivity index (χ0n) is 12.4. The molecule has 0 spiro atoms. The monoisotopic (exact) mass is 306 g/mol. The minimum atomic E-state index is -1.65. The van der Waals surface area contributed by atoms with Gasteiger partial charge in [0.15, 0.2) is 5.54 Å². The Morgan fingerprint density at radius 3 is 2.55 bits per heavy atom. The molecule has 1 unspecified atom stereocenters. The Balaban J connectivity index is 2.24. The van der Waals surface area contributed by atoms with E-state index in [2.05, 4.69) is 10.0 Å². The first-order valence-corrected chi connectivity index (χ1v) is 6.88. The summed E-state index contributed by atoms with van der Waals surface area (Å²) in [6, 6.07) is 6.79. The van der Waals surface area contributed by atoms with Gasteiger partial charge in [0.2, 0.25) is 5.91 Å². The highest BCUT2D eigenvalue weighted by atomic mass is 16.5. The summed E-state index contributed by atoms with van der Waals surface area (Å²) in [7, 11) is 1.54. The molecule has 2 rings (SSSR count). The van der Waals surface area contributed by atoms with E-state index in [0.717, 1.165) is 0 Å². The van der Waals surface area contributed by atoms with Gasteiger partial charge in [-0.05, 0) is 36.2 Å². The smallest absolute Gasteiger partial charge is 0.243 e. The molecule has 1 fully saturated rings. The molecule has 1 aromatic rings. The van der Waals surface area contributed by atoms with Gasteiger partial charge in [0.1, 0.15) is 11.9 Å². The van der Waals surface area contributed by atoms with Gasteiger partial charge in [-0.3, -0.25) is 4.79 Å². The fourth-order valence-corrected chi connectivity index (χ4v) is 2.47. The van der Waals surface area contributed by atoms with Crippen molar-refractivity contribution in [1.82, 2.24) is 0 Å². The maximum absolute atomic E-state index is 12.4. The van der Waals surface area contributed by atoms with Crippen LogP contribution in [0.3, 0.4) is 0 Å². The molecule has 3 atom stereocenters. The van der Waals surface area contributed by atoms with Crippen LogP contribution in [0.25, 0.3) is 10.4 Å². The van der Waals surface area contributed by atoms with E-state index in [1.807, 2.05) is 0 Å². The highest BCUT2D eigenvalue weighted by Crippen LogP contribution is 2.37. The average Bonchev–Trinajstić information content (AvgIpc) is 2.56. The van der Waals surface area contributed by atoms with Gasteiger partial charge in [-0.2, -0.15) is 0 Å². The van der Waals surface area contributed by atoms with Crippen molar-refractivity contribution >= 4 is 11.6 Å². The lowest BCUT2D eigenvalue weighted by Gasteiger charge is -2.48. The predicted molar refractivity (Wildman–Crippen MR) is 79.5 cm³/mol. The van der Waals surface area contributed by atoms with E-state index in [-0.39, 0.29) is 13.0 Å². The van der Waals surface area contributed by atoms with Gasteiger partial charge in [0.05, 0.1) is 13.2 Å². The summed E-state index contributed by atoms with van der Waals surface area (Å²) < 4.78 is 5.05. The Kier molecular flexibility index (Phi) is 4.56. The Bertz CT molecular complexity index is 599. The second-order valence-corrected chi connectivity index (χ2v) is 5.12. The fourth-order valence-electron chi connectivity index (χ4n) is 2.47. The normalized spacial score (nSPS) is 23.3. The lowest BCUT2D eigenvalue weighted by Crippen LogP contribution is -2.72. The molecular weight excluding hydrogens is 288 g/mol. The third-order valence-electron chi connectivity index (χ3n) is 3.89. The van der Waals surface area contributed by atoms with E-state index < -0.39 is 23.7 Å². The zero-order chi connectivity index (χ0) is 16.3. The van der Waals surface area contributed by atoms with Crippen molar-refractivity contribution in [2.75, 3.05) is 18.6 Å². The number of methoxy groups -OCH3 is 1. The van der Waals surface area contributed by atoms with Crippen LogP contribution in [-0.4, -0.2) is 47.5 Å². The van der Waals surface area contributed by atoms with Crippen LogP contribution in [0.2, 0.25) is 0 Å². The highest BCUT2D eigenvalue weighted by Gasteiger charge is 2.58. The highest BCUT2D eigenvalue weighted by molar-refractivity contribution is 6.08. The Labute approximate surface area is 127 Å². The van der Waals surface area contributed by atoms with Gasteiger partial charge in [-0.25, -0.2) is 0 Å². The van der Waals surface area contributed by atoms with Crippen LogP contribution in [0.5, 0.6) is 5.75 Å². The summed E-state index contributed by atoms with van der Waals surface area (Å²) in [5, 5.41) is 23.4. The number of β-lactam (4-membered cyclic amide) rings is 1. The number of benzene rings is 1. The molecule has 1 aromatic carbocycles. The third-order valence-corrected chi connectivity index (χ3v) is 3.89. The van der Waals surface area contributed by atoms with Crippen molar-refractivity contribution in [3.8, 4) is 5.75 Å². The van der Waals surface area contributed by atoms with Gasteiger partial charge in [0, 0.05) is 17.1 Å². The van der Waals surface area contributed by atoms with E-state index >= 15 is 0 Å². The van der Waals surface area contributed by atoms with Crippen molar-refractivity contribution in [2.24, 2.45) is 5.11 Å². The average molecular weight is 306 g/mol. The summed E-state index contributed by atoms with van der Waals surface area (Å²) in [6.07, 6.45) is -2.32. The summed E-state index contributed by atoms with van der Waals surface area (Å²) in [5.41, 5.74) is 7.65. The number of amides is 1. The molecule has 8 heteroatoms. The number of aliphatic hydroxyl groups excluding tert-OH is 2. The largest absolute Gasteiger partial charge is 0.497 e. The molecule has 22 heavy (non-hydrogen) atoms. The third kappa shape index (κ3) is 2.48. The minimum absolute atomic E-state index is 0.0143. The van der Waals surface area contributed by atoms with E-state index in [4.69, 9.17) is 10.3 Å². The zero-order valence-corrected chi connectivity index (χ0v) is 12.4. The van der Waals surface area contributed by atoms with Crippen molar-refractivity contribution in [3.05, 3.63) is 34.7 Å². The molecule has 1 aliphatic heterocycles. The van der Waals surface area contributed by atoms with Crippen molar-refractivity contribution in [2.45, 2.75) is 31.1 Å². The molecule has 1 amide bonds. The maximum Gasteiger partial charge on any atom is 0.243 e. The van der Waals surface area contributed by atoms with Crippen LogP contribution in [0.1, 0.15) is 13.3 Å². The Morgan fingerprint density at radius 1 is 1.45 bits per heavy atom. The first-order chi connectivity index (χ1) is 10.5. The molecular formula is C14H18N4O4. The number of hydrogen-bond donors (Lipinski definition) is 2. The van der Waals surface area contributed by atoms with E-state index in [1.54, 1.807) is 38.3 Å². The van der Waals surface area contributed by atoms with Crippen molar-refractivity contribution in [1.29, 1.82) is 0 Å². The van der Waals surface area contributed by atoms with Gasteiger partial charge in [-0.15, -0.1) is 0 Å². The molecule has 1 saturated heterocycles. The molecule has 0 aromatic heterocycles. The van der Waals surface area contributed by atoms with E-state index in [1.165, 1.54) is 4.90 Å². The van der Waals surface area contributed by atoms with Crippen LogP contribution < -0.4 is 9.64 Å². The first-order valence-electron chi connectivity index (χ1n) is 6.88. The standard InChI is InChI=1S/C14H18N4O4/c1-3-11(19)12(20)14(16-17-15)8-18(13(14)21)9-4-6-10(22-2)7-5-9/h4-7,11-12,19-20H,3,8H2,1-2H3/t11-,12?,14-/m1/s1. The van der Waals surface area contributed by atoms with Crippen LogP contribution >= 0.6 is 0 Å². The Morgan fingerprint density at radius 2 is 2.09 bits per heavy atom. The number of nitrogens with zero attached hydrogens (tertiary/aromatic N) is 4. The molecule has 2 N–H and O–H groups in total. The number of carbonyl (C=O) groups excluding carboxylic acids is 1. The number of aliphatic hydroxyl groups is 2. The van der Waals surface area contributed by atoms with Crippen LogP contribution in [0.15, 0.2) is 29.4 Å². The number of hydrogen-bond acceptors (Lipinski definition) is 5. The number of anilines is 1. The fraction of sp³-hybridized carbons (Fsp3) is 0.500. The lowest BCUT2D eigenvalue weighted by atomic mass is 9.80. The molecule has 1 aliphatic rings. The van der Waals surface area contributed by atoms with E-state index in [0.29, 0.717) is 11.4 Å². The maximum atomic E-state index is 12.4. The molecule has 1 heterocycles. The van der Waals surface area contributed by atoms with Gasteiger partial charge >= 0.3 is 0 Å². The summed E-state index contributed by atoms with van der Waals surface area (Å²) in [6.45, 7) is 1.68. The molecule has 8 nitrogen and oxygen atoms in total. The number of carbonyl (C=O) groups is 1. The van der Waals surface area contributed by atoms with Crippen LogP contribution in [0, 0.1) is 0 Å². The SMILES string of the molecule is CC[C@@H](O)C(O)[C@]1(N=[N+]=[N-])CN(c2ccc(OC)cc2)C1=O. The molecule has 0 aliphatic carbocycles. The topological polar surface area (TPSA) is 119 Å². The van der Waals surface area contributed by atoms with Crippen LogP contribution in [-0.2, 0) is 4.79 Å². The number of rotatable bonds is 6. The molecule has 0 bridgehead atoms. The van der Waals surface area contributed by atoms with Crippen molar-refractivity contribution < 1.29 is 19.7 Å². The Hall–Kier alpha value is -2.28. The molecule has 118 valence electrons. The van der Waals surface area contributed by atoms with Gasteiger partial charge < -0.3 is 19.8 Å². The first kappa shape index (κ1) is 16.1. The molecule has 0 saturated carbocycles. The van der Waals surface area contributed by atoms with Crippen LogP contribution in [0.4, 0.5) is 5.69 Å². The van der Waals surface area contributed by atoms with Gasteiger partial charge in [-0.1, -0.05) is 12.0 Å². The van der Waals surface area contributed by atoms with Crippen molar-refractivity contribution in [3.63, 3.8) is 0 Å². The lowest BCUT2D eigenvalue weighted by molar-refractivity contribution is -0.139. The second kappa shape index (κ2) is 6.23. The number of ether oxygens (including phenoxy) is 1. The number of azide groups is 1.